The average molecular weight is 340 g/mol. The summed E-state index contributed by atoms with van der Waals surface area (Å²) in [6, 6.07) is 11.6. The number of aryl methyl sites for hydroxylation is 1. The largest absolute Gasteiger partial charge is 0.332 e. The van der Waals surface area contributed by atoms with E-state index in [4.69, 9.17) is 0 Å². The van der Waals surface area contributed by atoms with Crippen LogP contribution in [0.5, 0.6) is 0 Å². The van der Waals surface area contributed by atoms with Crippen LogP contribution in [0.2, 0.25) is 0 Å². The van der Waals surface area contributed by atoms with Crippen LogP contribution in [0.4, 0.5) is 10.1 Å². The molecule has 0 radical (unpaired) electrons. The van der Waals surface area contributed by atoms with Gasteiger partial charge in [-0.2, -0.15) is 0 Å². The Labute approximate surface area is 146 Å². The number of anilines is 1. The zero-order chi connectivity index (χ0) is 18.0. The summed E-state index contributed by atoms with van der Waals surface area (Å²) < 4.78 is 13.5. The van der Waals surface area contributed by atoms with Crippen molar-refractivity contribution in [3.8, 4) is 0 Å². The van der Waals surface area contributed by atoms with Gasteiger partial charge in [0, 0.05) is 24.7 Å². The van der Waals surface area contributed by atoms with Crippen LogP contribution < -0.4 is 5.32 Å². The highest BCUT2D eigenvalue weighted by Crippen LogP contribution is 2.33. The molecule has 5 heteroatoms. The number of rotatable bonds is 3. The third-order valence-corrected chi connectivity index (χ3v) is 4.54. The van der Waals surface area contributed by atoms with E-state index in [1.54, 1.807) is 23.1 Å². The van der Waals surface area contributed by atoms with Crippen molar-refractivity contribution in [3.63, 3.8) is 0 Å². The van der Waals surface area contributed by atoms with Crippen LogP contribution in [-0.2, 0) is 4.79 Å². The summed E-state index contributed by atoms with van der Waals surface area (Å²) >= 11 is 0. The summed E-state index contributed by atoms with van der Waals surface area (Å²) in [6.45, 7) is 3.96. The second kappa shape index (κ2) is 7.05. The molecule has 130 valence electrons. The zero-order valence-electron chi connectivity index (χ0n) is 14.4. The Hall–Kier alpha value is -2.69. The van der Waals surface area contributed by atoms with Crippen LogP contribution in [0, 0.1) is 12.7 Å². The molecule has 1 unspecified atom stereocenters. The summed E-state index contributed by atoms with van der Waals surface area (Å²) in [5, 5.41) is 2.75. The molecule has 2 amide bonds. The molecule has 0 aromatic heterocycles. The molecule has 0 saturated carbocycles. The van der Waals surface area contributed by atoms with E-state index >= 15 is 0 Å². The number of carbonyl (C=O) groups excluding carboxylic acids is 2. The third kappa shape index (κ3) is 3.71. The van der Waals surface area contributed by atoms with E-state index in [1.807, 2.05) is 19.1 Å². The van der Waals surface area contributed by atoms with Gasteiger partial charge in [-0.05, 0) is 55.2 Å². The molecule has 0 spiro atoms. The van der Waals surface area contributed by atoms with Gasteiger partial charge in [-0.1, -0.05) is 18.2 Å². The smallest absolute Gasteiger partial charge is 0.254 e. The number of nitrogens with one attached hydrogen (secondary N) is 1. The number of nitrogens with zero attached hydrogens (tertiary/aromatic N) is 1. The van der Waals surface area contributed by atoms with Crippen molar-refractivity contribution in [1.29, 1.82) is 0 Å². The Kier molecular flexibility index (Phi) is 4.83. The van der Waals surface area contributed by atoms with Crippen molar-refractivity contribution in [1.82, 2.24) is 4.90 Å². The van der Waals surface area contributed by atoms with Crippen molar-refractivity contribution in [2.75, 3.05) is 11.9 Å². The first-order chi connectivity index (χ1) is 12.0. The lowest BCUT2D eigenvalue weighted by Crippen LogP contribution is -2.30. The first kappa shape index (κ1) is 17.1. The second-order valence-corrected chi connectivity index (χ2v) is 6.42. The van der Waals surface area contributed by atoms with Crippen molar-refractivity contribution < 1.29 is 14.0 Å². The molecule has 1 aliphatic rings. The Bertz CT molecular complexity index is 819. The molecule has 1 heterocycles. The third-order valence-electron chi connectivity index (χ3n) is 4.54. The van der Waals surface area contributed by atoms with E-state index in [1.165, 1.54) is 19.1 Å². The Morgan fingerprint density at radius 1 is 1.20 bits per heavy atom. The predicted molar refractivity (Wildman–Crippen MR) is 94.9 cm³/mol. The van der Waals surface area contributed by atoms with Gasteiger partial charge in [-0.25, -0.2) is 4.39 Å². The van der Waals surface area contributed by atoms with Crippen molar-refractivity contribution in [2.45, 2.75) is 32.7 Å². The molecule has 4 nitrogen and oxygen atoms in total. The quantitative estimate of drug-likeness (QED) is 0.916. The van der Waals surface area contributed by atoms with Crippen molar-refractivity contribution in [3.05, 3.63) is 65.0 Å². The van der Waals surface area contributed by atoms with Crippen LogP contribution in [-0.4, -0.2) is 23.3 Å². The fourth-order valence-corrected chi connectivity index (χ4v) is 3.32. The minimum Gasteiger partial charge on any atom is -0.332 e. The van der Waals surface area contributed by atoms with Gasteiger partial charge in [0.15, 0.2) is 0 Å². The summed E-state index contributed by atoms with van der Waals surface area (Å²) in [4.78, 5) is 26.1. The molecule has 2 aromatic carbocycles. The van der Waals surface area contributed by atoms with Crippen molar-refractivity contribution >= 4 is 17.5 Å². The number of carbonyl (C=O) groups is 2. The lowest BCUT2D eigenvalue weighted by atomic mass is 10.0. The monoisotopic (exact) mass is 340 g/mol. The highest BCUT2D eigenvalue weighted by atomic mass is 19.1. The van der Waals surface area contributed by atoms with Crippen LogP contribution in [0.1, 0.15) is 47.3 Å². The summed E-state index contributed by atoms with van der Waals surface area (Å²) in [5.41, 5.74) is 2.88. The van der Waals surface area contributed by atoms with E-state index in [9.17, 15) is 14.0 Å². The molecule has 0 aliphatic carbocycles. The van der Waals surface area contributed by atoms with Crippen molar-refractivity contribution in [2.24, 2.45) is 0 Å². The number of amides is 2. The molecule has 1 saturated heterocycles. The number of hydrogen-bond donors (Lipinski definition) is 1. The summed E-state index contributed by atoms with van der Waals surface area (Å²) in [5.74, 6) is -0.565. The fraction of sp³-hybridized carbons (Fsp3) is 0.300. The summed E-state index contributed by atoms with van der Waals surface area (Å²) in [7, 11) is 0. The van der Waals surface area contributed by atoms with Crippen LogP contribution in [0.15, 0.2) is 42.5 Å². The van der Waals surface area contributed by atoms with Gasteiger partial charge in [0.1, 0.15) is 5.82 Å². The number of benzene rings is 2. The maximum absolute atomic E-state index is 13.5. The minimum absolute atomic E-state index is 0.0987. The maximum atomic E-state index is 13.5. The predicted octanol–water partition coefficient (Wildman–Crippen LogP) is 4.07. The van der Waals surface area contributed by atoms with Gasteiger partial charge in [-0.15, -0.1) is 0 Å². The molecule has 1 aliphatic heterocycles. The minimum atomic E-state index is -0.292. The van der Waals surface area contributed by atoms with E-state index in [0.29, 0.717) is 17.8 Å². The number of halogens is 1. The van der Waals surface area contributed by atoms with Crippen LogP contribution >= 0.6 is 0 Å². The lowest BCUT2D eigenvalue weighted by molar-refractivity contribution is -0.114. The fourth-order valence-electron chi connectivity index (χ4n) is 3.32. The van der Waals surface area contributed by atoms with Crippen LogP contribution in [0.25, 0.3) is 0 Å². The van der Waals surface area contributed by atoms with E-state index in [2.05, 4.69) is 5.32 Å². The highest BCUT2D eigenvalue weighted by molar-refractivity contribution is 5.97. The standard InChI is InChI=1S/C20H21FN2O2/c1-13-8-9-16(12-18(13)22-14(2)24)20(25)23-10-4-7-19(23)15-5-3-6-17(21)11-15/h3,5-6,8-9,11-12,19H,4,7,10H2,1-2H3,(H,22,24). The highest BCUT2D eigenvalue weighted by Gasteiger charge is 2.31. The molecule has 1 atom stereocenters. The number of likely N-dealkylation sites (tertiary alicyclic amines) is 1. The maximum Gasteiger partial charge on any atom is 0.254 e. The normalized spacial score (nSPS) is 16.8. The topological polar surface area (TPSA) is 49.4 Å². The number of hydrogen-bond acceptors (Lipinski definition) is 2. The van der Waals surface area contributed by atoms with Gasteiger partial charge < -0.3 is 10.2 Å². The molecular formula is C20H21FN2O2. The van der Waals surface area contributed by atoms with Gasteiger partial charge in [0.2, 0.25) is 5.91 Å². The molecule has 1 N–H and O–H groups in total. The Balaban J connectivity index is 1.88. The summed E-state index contributed by atoms with van der Waals surface area (Å²) in [6.07, 6.45) is 1.71. The zero-order valence-corrected chi connectivity index (χ0v) is 14.4. The average Bonchev–Trinajstić information content (AvgIpc) is 3.05. The van der Waals surface area contributed by atoms with Gasteiger partial charge in [-0.3, -0.25) is 9.59 Å². The second-order valence-electron chi connectivity index (χ2n) is 6.42. The van der Waals surface area contributed by atoms with Gasteiger partial charge >= 0.3 is 0 Å². The van der Waals surface area contributed by atoms with Crippen LogP contribution in [0.3, 0.4) is 0 Å². The SMILES string of the molecule is CC(=O)Nc1cc(C(=O)N2CCCC2c2cccc(F)c2)ccc1C. The molecule has 2 aromatic rings. The van der Waals surface area contributed by atoms with E-state index in [0.717, 1.165) is 24.0 Å². The van der Waals surface area contributed by atoms with Gasteiger partial charge in [0.25, 0.3) is 5.91 Å². The Morgan fingerprint density at radius 3 is 2.72 bits per heavy atom. The Morgan fingerprint density at radius 2 is 2.00 bits per heavy atom. The molecule has 1 fully saturated rings. The molecule has 25 heavy (non-hydrogen) atoms. The first-order valence-electron chi connectivity index (χ1n) is 8.40. The lowest BCUT2D eigenvalue weighted by Gasteiger charge is -2.25. The van der Waals surface area contributed by atoms with Gasteiger partial charge in [0.05, 0.1) is 6.04 Å². The first-order valence-corrected chi connectivity index (χ1v) is 8.40. The molecular weight excluding hydrogens is 319 g/mol. The molecule has 0 bridgehead atoms. The van der Waals surface area contributed by atoms with E-state index in [-0.39, 0.29) is 23.7 Å². The molecule has 3 rings (SSSR count). The van der Waals surface area contributed by atoms with E-state index < -0.39 is 0 Å².